The third kappa shape index (κ3) is 7.80. The Hall–Kier alpha value is -0.850. The summed E-state index contributed by atoms with van der Waals surface area (Å²) < 4.78 is 5.19. The molecule has 1 saturated carbocycles. The lowest BCUT2D eigenvalue weighted by Crippen LogP contribution is -2.33. The quantitative estimate of drug-likeness (QED) is 0.692. The fourth-order valence-electron chi connectivity index (χ4n) is 3.37. The second-order valence-corrected chi connectivity index (χ2v) is 6.71. The van der Waals surface area contributed by atoms with Crippen molar-refractivity contribution in [2.24, 2.45) is 5.73 Å². The Labute approximate surface area is 169 Å². The van der Waals surface area contributed by atoms with E-state index >= 15 is 0 Å². The van der Waals surface area contributed by atoms with Crippen LogP contribution in [0.2, 0.25) is 0 Å². The molecule has 7 heteroatoms. The molecule has 1 aromatic rings. The number of para-hydroxylation sites is 1. The van der Waals surface area contributed by atoms with Crippen LogP contribution in [0.4, 0.5) is 5.69 Å². The summed E-state index contributed by atoms with van der Waals surface area (Å²) in [5.74, 6) is -0.0555. The molecule has 150 valence electrons. The highest BCUT2D eigenvalue weighted by atomic mass is 35.5. The summed E-state index contributed by atoms with van der Waals surface area (Å²) in [7, 11) is 3.77. The minimum atomic E-state index is -0.234. The van der Waals surface area contributed by atoms with Crippen molar-refractivity contribution in [3.8, 4) is 0 Å². The van der Waals surface area contributed by atoms with Gasteiger partial charge in [0.2, 0.25) is 5.91 Å². The van der Waals surface area contributed by atoms with Crippen LogP contribution in [0.1, 0.15) is 44.1 Å². The van der Waals surface area contributed by atoms with Crippen LogP contribution in [0.25, 0.3) is 0 Å². The van der Waals surface area contributed by atoms with Crippen molar-refractivity contribution in [3.05, 3.63) is 29.8 Å². The van der Waals surface area contributed by atoms with Gasteiger partial charge in [-0.25, -0.2) is 0 Å². The second-order valence-electron chi connectivity index (χ2n) is 6.71. The number of methoxy groups -OCH3 is 1. The molecule has 0 bridgehead atoms. The molecule has 1 fully saturated rings. The number of amides is 1. The van der Waals surface area contributed by atoms with Gasteiger partial charge in [-0.2, -0.15) is 0 Å². The number of benzene rings is 1. The largest absolute Gasteiger partial charge is 0.380 e. The number of halogens is 2. The molecule has 1 aliphatic rings. The highest BCUT2D eigenvalue weighted by Gasteiger charge is 2.19. The van der Waals surface area contributed by atoms with E-state index in [1.54, 1.807) is 7.11 Å². The minimum Gasteiger partial charge on any atom is -0.380 e. The van der Waals surface area contributed by atoms with Crippen LogP contribution in [-0.2, 0) is 16.1 Å². The molecule has 0 aliphatic heterocycles. The van der Waals surface area contributed by atoms with Crippen molar-refractivity contribution in [2.75, 3.05) is 26.0 Å². The number of hydrogen-bond donors (Lipinski definition) is 2. The number of carbonyl (C=O) groups is 1. The van der Waals surface area contributed by atoms with E-state index in [0.29, 0.717) is 12.6 Å². The van der Waals surface area contributed by atoms with E-state index < -0.39 is 0 Å². The van der Waals surface area contributed by atoms with E-state index in [1.807, 2.05) is 18.2 Å². The van der Waals surface area contributed by atoms with Crippen molar-refractivity contribution >= 4 is 36.4 Å². The van der Waals surface area contributed by atoms with Crippen LogP contribution in [0.15, 0.2) is 24.3 Å². The summed E-state index contributed by atoms with van der Waals surface area (Å²) in [4.78, 5) is 14.6. The zero-order valence-electron chi connectivity index (χ0n) is 15.8. The van der Waals surface area contributed by atoms with E-state index in [-0.39, 0.29) is 43.2 Å². The molecular formula is C19H33Cl2N3O2. The fourth-order valence-corrected chi connectivity index (χ4v) is 3.37. The maximum atomic E-state index is 12.2. The molecule has 2 rings (SSSR count). The molecule has 5 nitrogen and oxygen atoms in total. The monoisotopic (exact) mass is 405 g/mol. The van der Waals surface area contributed by atoms with Gasteiger partial charge in [0.25, 0.3) is 0 Å². The number of ether oxygens (including phenoxy) is 1. The van der Waals surface area contributed by atoms with Gasteiger partial charge in [0.15, 0.2) is 0 Å². The lowest BCUT2D eigenvalue weighted by molar-refractivity contribution is -0.118. The molecule has 0 saturated heterocycles. The predicted molar refractivity (Wildman–Crippen MR) is 112 cm³/mol. The number of nitrogens with one attached hydrogen (secondary N) is 1. The van der Waals surface area contributed by atoms with Crippen LogP contribution in [0, 0.1) is 0 Å². The molecule has 26 heavy (non-hydrogen) atoms. The van der Waals surface area contributed by atoms with Crippen molar-refractivity contribution < 1.29 is 9.53 Å². The van der Waals surface area contributed by atoms with Gasteiger partial charge in [0.1, 0.15) is 0 Å². The van der Waals surface area contributed by atoms with Crippen LogP contribution >= 0.6 is 24.8 Å². The van der Waals surface area contributed by atoms with E-state index in [2.05, 4.69) is 23.3 Å². The SMILES string of the molecule is COC(CN)CC(=O)Nc1ccccc1CN(C)C1CCCCC1.Cl.Cl. The summed E-state index contributed by atoms with van der Waals surface area (Å²) in [6.07, 6.45) is 6.60. The molecule has 1 atom stereocenters. The summed E-state index contributed by atoms with van der Waals surface area (Å²) in [5.41, 5.74) is 7.63. The van der Waals surface area contributed by atoms with Crippen LogP contribution in [0.3, 0.4) is 0 Å². The Morgan fingerprint density at radius 2 is 1.92 bits per heavy atom. The lowest BCUT2D eigenvalue weighted by atomic mass is 9.94. The van der Waals surface area contributed by atoms with Gasteiger partial charge in [0.05, 0.1) is 12.5 Å². The molecule has 0 spiro atoms. The Kier molecular flexibility index (Phi) is 12.9. The molecular weight excluding hydrogens is 373 g/mol. The maximum absolute atomic E-state index is 12.2. The highest BCUT2D eigenvalue weighted by Crippen LogP contribution is 2.25. The van der Waals surface area contributed by atoms with E-state index in [4.69, 9.17) is 10.5 Å². The number of anilines is 1. The number of hydrogen-bond acceptors (Lipinski definition) is 4. The molecule has 1 unspecified atom stereocenters. The minimum absolute atomic E-state index is 0. The Morgan fingerprint density at radius 1 is 1.27 bits per heavy atom. The molecule has 0 heterocycles. The van der Waals surface area contributed by atoms with Gasteiger partial charge in [-0.15, -0.1) is 24.8 Å². The summed E-state index contributed by atoms with van der Waals surface area (Å²) >= 11 is 0. The maximum Gasteiger partial charge on any atom is 0.227 e. The zero-order valence-corrected chi connectivity index (χ0v) is 17.4. The molecule has 0 aromatic heterocycles. The van der Waals surface area contributed by atoms with Crippen molar-refractivity contribution in [1.82, 2.24) is 4.90 Å². The summed E-state index contributed by atoms with van der Waals surface area (Å²) in [6, 6.07) is 8.68. The lowest BCUT2D eigenvalue weighted by Gasteiger charge is -2.31. The molecule has 3 N–H and O–H groups in total. The zero-order chi connectivity index (χ0) is 17.4. The average molecular weight is 406 g/mol. The normalized spacial score (nSPS) is 15.7. The van der Waals surface area contributed by atoms with Crippen molar-refractivity contribution in [3.63, 3.8) is 0 Å². The third-order valence-electron chi connectivity index (χ3n) is 4.92. The fraction of sp³-hybridized carbons (Fsp3) is 0.632. The number of carbonyl (C=O) groups excluding carboxylic acids is 1. The average Bonchev–Trinajstić information content (AvgIpc) is 2.62. The first-order chi connectivity index (χ1) is 11.6. The molecule has 1 amide bonds. The van der Waals surface area contributed by atoms with Crippen LogP contribution in [-0.4, -0.2) is 43.7 Å². The first kappa shape index (κ1) is 25.1. The molecule has 1 aromatic carbocycles. The summed E-state index contributed by atoms with van der Waals surface area (Å²) in [6.45, 7) is 1.20. The Morgan fingerprint density at radius 3 is 2.54 bits per heavy atom. The number of nitrogens with two attached hydrogens (primary N) is 1. The van der Waals surface area contributed by atoms with Crippen molar-refractivity contribution in [2.45, 2.75) is 57.2 Å². The first-order valence-corrected chi connectivity index (χ1v) is 8.95. The van der Waals surface area contributed by atoms with Crippen molar-refractivity contribution in [1.29, 1.82) is 0 Å². The smallest absolute Gasteiger partial charge is 0.227 e. The van der Waals surface area contributed by atoms with Gasteiger partial charge in [-0.1, -0.05) is 37.5 Å². The second kappa shape index (κ2) is 13.3. The van der Waals surface area contributed by atoms with Gasteiger partial charge >= 0.3 is 0 Å². The van der Waals surface area contributed by atoms with Gasteiger partial charge in [0, 0.05) is 31.9 Å². The topological polar surface area (TPSA) is 67.6 Å². The highest BCUT2D eigenvalue weighted by molar-refractivity contribution is 5.91. The standard InChI is InChI=1S/C19H31N3O2.2ClH/c1-22(16-9-4-3-5-10-16)14-15-8-6-7-11-18(15)21-19(23)12-17(13-20)24-2;;/h6-8,11,16-17H,3-5,9-10,12-14,20H2,1-2H3,(H,21,23);2*1H. The molecule has 0 radical (unpaired) electrons. The number of nitrogens with zero attached hydrogens (tertiary/aromatic N) is 1. The van der Waals surface area contributed by atoms with Gasteiger partial charge < -0.3 is 15.8 Å². The van der Waals surface area contributed by atoms with E-state index in [0.717, 1.165) is 17.8 Å². The van der Waals surface area contributed by atoms with E-state index in [9.17, 15) is 4.79 Å². The Bertz CT molecular complexity index is 521. The first-order valence-electron chi connectivity index (χ1n) is 8.95. The van der Waals surface area contributed by atoms with Gasteiger partial charge in [-0.05, 0) is 31.5 Å². The Balaban J connectivity index is 0.00000312. The third-order valence-corrected chi connectivity index (χ3v) is 4.92. The van der Waals surface area contributed by atoms with E-state index in [1.165, 1.54) is 32.1 Å². The predicted octanol–water partition coefficient (Wildman–Crippen LogP) is 3.60. The van der Waals surface area contributed by atoms with Crippen LogP contribution in [0.5, 0.6) is 0 Å². The molecule has 1 aliphatic carbocycles. The number of rotatable bonds is 8. The van der Waals surface area contributed by atoms with Crippen LogP contribution < -0.4 is 11.1 Å². The van der Waals surface area contributed by atoms with Gasteiger partial charge in [-0.3, -0.25) is 9.69 Å². The summed E-state index contributed by atoms with van der Waals surface area (Å²) in [5, 5.41) is 3.02.